The van der Waals surface area contributed by atoms with Crippen LogP contribution in [-0.4, -0.2) is 36.5 Å². The standard InChI is InChI=1S/C18H19N3O3/c22-17-13-21(10-9-19-17)18(23)20-12-14-5-4-8-16(11-14)24-15-6-2-1-3-7-15/h1-8,11H,9-10,12-13H2,(H,19,22)(H,20,23). The summed E-state index contributed by atoms with van der Waals surface area (Å²) in [5.41, 5.74) is 0.929. The molecule has 0 radical (unpaired) electrons. The molecule has 2 aromatic rings. The molecule has 3 rings (SSSR count). The number of carbonyl (C=O) groups is 2. The SMILES string of the molecule is O=C1CN(C(=O)NCc2cccc(Oc3ccccc3)c2)CCN1. The van der Waals surface area contributed by atoms with E-state index in [2.05, 4.69) is 10.6 Å². The van der Waals surface area contributed by atoms with Crippen molar-refractivity contribution in [2.24, 2.45) is 0 Å². The van der Waals surface area contributed by atoms with E-state index in [0.717, 1.165) is 11.3 Å². The van der Waals surface area contributed by atoms with Gasteiger partial charge < -0.3 is 20.3 Å². The zero-order valence-electron chi connectivity index (χ0n) is 13.2. The maximum absolute atomic E-state index is 12.1. The Kier molecular flexibility index (Phi) is 4.96. The van der Waals surface area contributed by atoms with Crippen LogP contribution in [0, 0.1) is 0 Å². The van der Waals surface area contributed by atoms with Crippen LogP contribution in [-0.2, 0) is 11.3 Å². The van der Waals surface area contributed by atoms with Gasteiger partial charge in [0.1, 0.15) is 18.0 Å². The fraction of sp³-hybridized carbons (Fsp3) is 0.222. The number of nitrogens with one attached hydrogen (secondary N) is 2. The van der Waals surface area contributed by atoms with E-state index >= 15 is 0 Å². The molecule has 6 nitrogen and oxygen atoms in total. The summed E-state index contributed by atoms with van der Waals surface area (Å²) in [4.78, 5) is 24.9. The van der Waals surface area contributed by atoms with Gasteiger partial charge >= 0.3 is 6.03 Å². The molecular formula is C18H19N3O3. The van der Waals surface area contributed by atoms with Crippen LogP contribution in [0.2, 0.25) is 0 Å². The topological polar surface area (TPSA) is 70.7 Å². The summed E-state index contributed by atoms with van der Waals surface area (Å²) >= 11 is 0. The van der Waals surface area contributed by atoms with Gasteiger partial charge in [0.25, 0.3) is 0 Å². The van der Waals surface area contributed by atoms with Gasteiger partial charge in [-0.25, -0.2) is 4.79 Å². The Morgan fingerprint density at radius 2 is 1.92 bits per heavy atom. The summed E-state index contributed by atoms with van der Waals surface area (Å²) in [5, 5.41) is 5.53. The van der Waals surface area contributed by atoms with Crippen molar-refractivity contribution in [3.63, 3.8) is 0 Å². The minimum Gasteiger partial charge on any atom is -0.457 e. The molecule has 1 heterocycles. The van der Waals surface area contributed by atoms with E-state index in [1.54, 1.807) is 0 Å². The molecule has 1 aliphatic rings. The first-order valence-corrected chi connectivity index (χ1v) is 7.82. The van der Waals surface area contributed by atoms with Gasteiger partial charge in [-0.05, 0) is 29.8 Å². The maximum atomic E-state index is 12.1. The van der Waals surface area contributed by atoms with Gasteiger partial charge in [-0.15, -0.1) is 0 Å². The summed E-state index contributed by atoms with van der Waals surface area (Å²) in [6.45, 7) is 1.49. The largest absolute Gasteiger partial charge is 0.457 e. The predicted octanol–water partition coefficient (Wildman–Crippen LogP) is 2.12. The van der Waals surface area contributed by atoms with Crippen LogP contribution < -0.4 is 15.4 Å². The lowest BCUT2D eigenvalue weighted by Gasteiger charge is -2.26. The Morgan fingerprint density at radius 3 is 2.71 bits per heavy atom. The van der Waals surface area contributed by atoms with Crippen molar-refractivity contribution >= 4 is 11.9 Å². The van der Waals surface area contributed by atoms with E-state index in [1.807, 2.05) is 54.6 Å². The first-order chi connectivity index (χ1) is 11.7. The minimum atomic E-state index is -0.237. The van der Waals surface area contributed by atoms with E-state index in [9.17, 15) is 9.59 Å². The molecular weight excluding hydrogens is 306 g/mol. The van der Waals surface area contributed by atoms with Crippen molar-refractivity contribution < 1.29 is 14.3 Å². The van der Waals surface area contributed by atoms with Crippen LogP contribution in [0.25, 0.3) is 0 Å². The number of ether oxygens (including phenoxy) is 1. The van der Waals surface area contributed by atoms with Gasteiger partial charge in [0.05, 0.1) is 0 Å². The highest BCUT2D eigenvalue weighted by Crippen LogP contribution is 2.21. The fourth-order valence-corrected chi connectivity index (χ4v) is 2.44. The third-order valence-electron chi connectivity index (χ3n) is 3.65. The normalized spacial score (nSPS) is 14.0. The second-order valence-electron chi connectivity index (χ2n) is 5.49. The highest BCUT2D eigenvalue weighted by atomic mass is 16.5. The average Bonchev–Trinajstić information content (AvgIpc) is 2.61. The third-order valence-corrected chi connectivity index (χ3v) is 3.65. The average molecular weight is 325 g/mol. The zero-order valence-corrected chi connectivity index (χ0v) is 13.2. The lowest BCUT2D eigenvalue weighted by Crippen LogP contribution is -2.52. The number of nitrogens with zero attached hydrogens (tertiary/aromatic N) is 1. The molecule has 0 bridgehead atoms. The van der Waals surface area contributed by atoms with Crippen molar-refractivity contribution in [1.29, 1.82) is 0 Å². The number of rotatable bonds is 4. The Hall–Kier alpha value is -3.02. The summed E-state index contributed by atoms with van der Waals surface area (Å²) < 4.78 is 5.78. The summed E-state index contributed by atoms with van der Waals surface area (Å²) in [6, 6.07) is 16.8. The molecule has 2 aromatic carbocycles. The van der Waals surface area contributed by atoms with Gasteiger partial charge in [-0.3, -0.25) is 4.79 Å². The predicted molar refractivity (Wildman–Crippen MR) is 89.8 cm³/mol. The summed E-state index contributed by atoms with van der Waals surface area (Å²) in [7, 11) is 0. The van der Waals surface area contributed by atoms with Gasteiger partial charge in [0.15, 0.2) is 0 Å². The van der Waals surface area contributed by atoms with Crippen molar-refractivity contribution in [3.05, 3.63) is 60.2 Å². The van der Waals surface area contributed by atoms with E-state index in [-0.39, 0.29) is 18.5 Å². The Labute approximate surface area is 140 Å². The van der Waals surface area contributed by atoms with Gasteiger partial charge in [-0.2, -0.15) is 0 Å². The lowest BCUT2D eigenvalue weighted by molar-refractivity contribution is -0.123. The molecule has 0 spiro atoms. The number of hydrogen-bond donors (Lipinski definition) is 2. The van der Waals surface area contributed by atoms with E-state index in [1.165, 1.54) is 4.90 Å². The second kappa shape index (κ2) is 7.50. The molecule has 124 valence electrons. The maximum Gasteiger partial charge on any atom is 0.318 e. The molecule has 0 atom stereocenters. The molecule has 1 aliphatic heterocycles. The highest BCUT2D eigenvalue weighted by Gasteiger charge is 2.20. The third kappa shape index (κ3) is 4.25. The molecule has 0 unspecified atom stereocenters. The minimum absolute atomic E-state index is 0.100. The second-order valence-corrected chi connectivity index (χ2v) is 5.49. The van der Waals surface area contributed by atoms with E-state index < -0.39 is 0 Å². The van der Waals surface area contributed by atoms with Crippen molar-refractivity contribution in [2.75, 3.05) is 19.6 Å². The van der Waals surface area contributed by atoms with Crippen molar-refractivity contribution in [3.8, 4) is 11.5 Å². The van der Waals surface area contributed by atoms with Crippen LogP contribution in [0.4, 0.5) is 4.79 Å². The van der Waals surface area contributed by atoms with E-state index in [0.29, 0.717) is 25.4 Å². The molecule has 1 saturated heterocycles. The van der Waals surface area contributed by atoms with Crippen LogP contribution in [0.3, 0.4) is 0 Å². The van der Waals surface area contributed by atoms with Crippen LogP contribution in [0.15, 0.2) is 54.6 Å². The van der Waals surface area contributed by atoms with E-state index in [4.69, 9.17) is 4.74 Å². The monoisotopic (exact) mass is 325 g/mol. The Balaban J connectivity index is 1.56. The van der Waals surface area contributed by atoms with Crippen LogP contribution in [0.1, 0.15) is 5.56 Å². The Bertz CT molecular complexity index is 718. The number of piperazine rings is 1. The molecule has 3 amide bonds. The number of hydrogen-bond acceptors (Lipinski definition) is 3. The lowest BCUT2D eigenvalue weighted by atomic mass is 10.2. The van der Waals surface area contributed by atoms with Crippen LogP contribution in [0.5, 0.6) is 11.5 Å². The number of urea groups is 1. The smallest absolute Gasteiger partial charge is 0.318 e. The number of benzene rings is 2. The summed E-state index contributed by atoms with van der Waals surface area (Å²) in [6.07, 6.45) is 0. The molecule has 0 aromatic heterocycles. The van der Waals surface area contributed by atoms with Crippen molar-refractivity contribution in [2.45, 2.75) is 6.54 Å². The molecule has 1 fully saturated rings. The number of para-hydroxylation sites is 1. The molecule has 0 saturated carbocycles. The van der Waals surface area contributed by atoms with Gasteiger partial charge in [0.2, 0.25) is 5.91 Å². The van der Waals surface area contributed by atoms with Gasteiger partial charge in [-0.1, -0.05) is 30.3 Å². The van der Waals surface area contributed by atoms with Crippen molar-refractivity contribution in [1.82, 2.24) is 15.5 Å². The molecule has 0 aliphatic carbocycles. The number of amides is 3. The molecule has 2 N–H and O–H groups in total. The fourth-order valence-electron chi connectivity index (χ4n) is 2.44. The first kappa shape index (κ1) is 15.9. The first-order valence-electron chi connectivity index (χ1n) is 7.82. The summed E-state index contributed by atoms with van der Waals surface area (Å²) in [5.74, 6) is 1.35. The Morgan fingerprint density at radius 1 is 1.12 bits per heavy atom. The zero-order chi connectivity index (χ0) is 16.8. The molecule has 6 heteroatoms. The quantitative estimate of drug-likeness (QED) is 0.904. The number of carbonyl (C=O) groups excluding carboxylic acids is 2. The molecule has 24 heavy (non-hydrogen) atoms. The highest BCUT2D eigenvalue weighted by molar-refractivity contribution is 5.85. The van der Waals surface area contributed by atoms with Gasteiger partial charge in [0, 0.05) is 19.6 Å². The van der Waals surface area contributed by atoms with Crippen LogP contribution >= 0.6 is 0 Å².